The lowest BCUT2D eigenvalue weighted by atomic mass is 9.86. The van der Waals surface area contributed by atoms with E-state index in [1.54, 1.807) is 22.7 Å². The Morgan fingerprint density at radius 3 is 1.50 bits per heavy atom. The number of thiophene rings is 2. The Morgan fingerprint density at radius 1 is 0.909 bits per heavy atom. The van der Waals surface area contributed by atoms with Crippen LogP contribution in [0.25, 0.3) is 0 Å². The molecule has 0 aromatic carbocycles. The molecule has 0 radical (unpaired) electrons. The molecule has 1 nitrogen and oxygen atoms in total. The second-order valence-electron chi connectivity index (χ2n) is 5.55. The summed E-state index contributed by atoms with van der Waals surface area (Å²) in [5, 5.41) is 1.35. The van der Waals surface area contributed by atoms with Crippen LogP contribution < -0.4 is 0 Å². The van der Waals surface area contributed by atoms with E-state index in [4.69, 9.17) is 0 Å². The average molecular weight is 464 g/mol. The van der Waals surface area contributed by atoms with Crippen molar-refractivity contribution in [1.82, 2.24) is 0 Å². The Balaban J connectivity index is 2.37. The zero-order valence-corrected chi connectivity index (χ0v) is 18.0. The summed E-state index contributed by atoms with van der Waals surface area (Å²) in [6, 6.07) is 4.34. The molecule has 0 bridgehead atoms. The van der Waals surface area contributed by atoms with Crippen molar-refractivity contribution in [1.29, 1.82) is 0 Å². The van der Waals surface area contributed by atoms with Gasteiger partial charge in [0.25, 0.3) is 0 Å². The van der Waals surface area contributed by atoms with E-state index in [0.29, 0.717) is 16.4 Å². The summed E-state index contributed by atoms with van der Waals surface area (Å²) < 4.78 is 0. The molecule has 5 heteroatoms. The van der Waals surface area contributed by atoms with Gasteiger partial charge in [0.05, 0.1) is 11.8 Å². The highest BCUT2D eigenvalue weighted by molar-refractivity contribution is 9.09. The molecule has 0 aliphatic rings. The lowest BCUT2D eigenvalue weighted by molar-refractivity contribution is -0.121. The van der Waals surface area contributed by atoms with Crippen molar-refractivity contribution >= 4 is 60.3 Å². The quantitative estimate of drug-likeness (QED) is 0.461. The van der Waals surface area contributed by atoms with Gasteiger partial charge in [-0.3, -0.25) is 4.79 Å². The maximum atomic E-state index is 13.2. The van der Waals surface area contributed by atoms with E-state index in [0.717, 1.165) is 0 Å². The van der Waals surface area contributed by atoms with Crippen molar-refractivity contribution in [2.45, 2.75) is 39.5 Å². The van der Waals surface area contributed by atoms with E-state index >= 15 is 0 Å². The fourth-order valence-corrected chi connectivity index (χ4v) is 6.17. The van der Waals surface area contributed by atoms with Gasteiger partial charge in [-0.05, 0) is 51.0 Å². The topological polar surface area (TPSA) is 17.1 Å². The molecule has 2 aromatic rings. The van der Waals surface area contributed by atoms with Gasteiger partial charge in [-0.1, -0.05) is 31.9 Å². The molecule has 2 unspecified atom stereocenters. The fraction of sp³-hybridized carbons (Fsp3) is 0.471. The maximum Gasteiger partial charge on any atom is 0.149 e. The SMILES string of the molecule is Cc1cc(C(CBr)C(=O)C(CBr)c2cc(C)sc2C)c(C)s1. The van der Waals surface area contributed by atoms with Crippen LogP contribution in [0, 0.1) is 27.7 Å². The third-order valence-electron chi connectivity index (χ3n) is 3.91. The maximum absolute atomic E-state index is 13.2. The first-order valence-corrected chi connectivity index (χ1v) is 11.1. The summed E-state index contributed by atoms with van der Waals surface area (Å²) in [6.45, 7) is 8.43. The first-order valence-electron chi connectivity index (χ1n) is 7.18. The first kappa shape index (κ1) is 18.4. The van der Waals surface area contributed by atoms with E-state index < -0.39 is 0 Å². The first-order chi connectivity index (χ1) is 10.4. The van der Waals surface area contributed by atoms with Gasteiger partial charge >= 0.3 is 0 Å². The van der Waals surface area contributed by atoms with E-state index in [-0.39, 0.29) is 11.8 Å². The Morgan fingerprint density at radius 2 is 1.27 bits per heavy atom. The summed E-state index contributed by atoms with van der Waals surface area (Å²) in [7, 11) is 0. The minimum atomic E-state index is -0.0768. The Hall–Kier alpha value is 0.0300. The van der Waals surface area contributed by atoms with Crippen LogP contribution in [0.1, 0.15) is 42.5 Å². The molecule has 0 saturated heterocycles. The second kappa shape index (κ2) is 7.73. The second-order valence-corrected chi connectivity index (χ2v) is 9.77. The van der Waals surface area contributed by atoms with Crippen LogP contribution in [0.4, 0.5) is 0 Å². The normalized spacial score (nSPS) is 14.1. The zero-order chi connectivity index (χ0) is 16.4. The van der Waals surface area contributed by atoms with Gasteiger partial charge in [0, 0.05) is 30.2 Å². The van der Waals surface area contributed by atoms with Gasteiger partial charge in [-0.25, -0.2) is 0 Å². The predicted molar refractivity (Wildman–Crippen MR) is 106 cm³/mol. The minimum absolute atomic E-state index is 0.0768. The molecule has 0 fully saturated rings. The number of hydrogen-bond donors (Lipinski definition) is 0. The van der Waals surface area contributed by atoms with Crippen molar-refractivity contribution in [3.8, 4) is 0 Å². The van der Waals surface area contributed by atoms with Crippen LogP contribution >= 0.6 is 54.5 Å². The summed E-state index contributed by atoms with van der Waals surface area (Å²) in [4.78, 5) is 18.2. The Kier molecular flexibility index (Phi) is 6.46. The molecule has 22 heavy (non-hydrogen) atoms. The van der Waals surface area contributed by atoms with Crippen LogP contribution in [0.2, 0.25) is 0 Å². The number of halogens is 2. The molecule has 0 spiro atoms. The van der Waals surface area contributed by atoms with Gasteiger partial charge in [-0.2, -0.15) is 0 Å². The third-order valence-corrected chi connectivity index (χ3v) is 7.16. The van der Waals surface area contributed by atoms with Gasteiger partial charge < -0.3 is 0 Å². The largest absolute Gasteiger partial charge is 0.298 e. The third kappa shape index (κ3) is 3.74. The number of carbonyl (C=O) groups is 1. The van der Waals surface area contributed by atoms with Crippen LogP contribution in [0.5, 0.6) is 0 Å². The molecule has 2 atom stereocenters. The highest BCUT2D eigenvalue weighted by Crippen LogP contribution is 2.37. The molecule has 2 aromatic heterocycles. The Labute approximate surface area is 157 Å². The van der Waals surface area contributed by atoms with Crippen molar-refractivity contribution in [2.75, 3.05) is 10.7 Å². The molecule has 2 rings (SSSR count). The van der Waals surface area contributed by atoms with Crippen LogP contribution in [-0.2, 0) is 4.79 Å². The van der Waals surface area contributed by atoms with Crippen molar-refractivity contribution < 1.29 is 4.79 Å². The number of rotatable bonds is 6. The summed E-state index contributed by atoms with van der Waals surface area (Å²) >= 11 is 10.7. The molecule has 0 aliphatic heterocycles. The van der Waals surface area contributed by atoms with Crippen molar-refractivity contribution in [2.24, 2.45) is 0 Å². The van der Waals surface area contributed by atoms with Gasteiger partial charge in [0.1, 0.15) is 5.78 Å². The van der Waals surface area contributed by atoms with E-state index in [2.05, 4.69) is 71.7 Å². The highest BCUT2D eigenvalue weighted by atomic mass is 79.9. The van der Waals surface area contributed by atoms with Gasteiger partial charge in [-0.15, -0.1) is 22.7 Å². The summed E-state index contributed by atoms with van der Waals surface area (Å²) in [6.07, 6.45) is 0. The molecule has 0 aliphatic carbocycles. The number of carbonyl (C=O) groups excluding carboxylic acids is 1. The molecule has 2 heterocycles. The number of ketones is 1. The van der Waals surface area contributed by atoms with E-state index in [1.807, 2.05) is 0 Å². The smallest absolute Gasteiger partial charge is 0.149 e. The molecule has 0 saturated carbocycles. The van der Waals surface area contributed by atoms with Crippen LogP contribution in [0.3, 0.4) is 0 Å². The molecule has 120 valence electrons. The zero-order valence-electron chi connectivity index (χ0n) is 13.2. The summed E-state index contributed by atoms with van der Waals surface area (Å²) in [5.74, 6) is 0.148. The van der Waals surface area contributed by atoms with Crippen LogP contribution in [-0.4, -0.2) is 16.4 Å². The predicted octanol–water partition coefficient (Wildman–Crippen LogP) is 6.27. The van der Waals surface area contributed by atoms with E-state index in [9.17, 15) is 4.79 Å². The molecular formula is C17H20Br2OS2. The minimum Gasteiger partial charge on any atom is -0.298 e. The number of aryl methyl sites for hydroxylation is 4. The standard InChI is InChI=1S/C17H20Br2OS2/c1-9-5-13(11(3)21-9)15(7-18)17(20)16(8-19)14-6-10(2)22-12(14)4/h5-6,15-16H,7-8H2,1-4H3. The van der Waals surface area contributed by atoms with Crippen LogP contribution in [0.15, 0.2) is 12.1 Å². The number of Topliss-reactive ketones (excluding diaryl/α,β-unsaturated/α-hetero) is 1. The lowest BCUT2D eigenvalue weighted by Gasteiger charge is -2.20. The van der Waals surface area contributed by atoms with Crippen molar-refractivity contribution in [3.63, 3.8) is 0 Å². The van der Waals surface area contributed by atoms with E-state index in [1.165, 1.54) is 30.6 Å². The fourth-order valence-electron chi connectivity index (χ4n) is 2.86. The highest BCUT2D eigenvalue weighted by Gasteiger charge is 2.31. The molecule has 0 N–H and O–H groups in total. The lowest BCUT2D eigenvalue weighted by Crippen LogP contribution is -2.23. The summed E-state index contributed by atoms with van der Waals surface area (Å²) in [5.41, 5.74) is 2.36. The van der Waals surface area contributed by atoms with Gasteiger partial charge in [0.2, 0.25) is 0 Å². The van der Waals surface area contributed by atoms with Gasteiger partial charge in [0.15, 0.2) is 0 Å². The average Bonchev–Trinajstić information content (AvgIpc) is 2.94. The number of alkyl halides is 2. The number of hydrogen-bond acceptors (Lipinski definition) is 3. The monoisotopic (exact) mass is 462 g/mol. The van der Waals surface area contributed by atoms with Crippen molar-refractivity contribution in [3.05, 3.63) is 42.8 Å². The molecule has 0 amide bonds. The Bertz CT molecular complexity index is 616. The molecular weight excluding hydrogens is 444 g/mol.